The molecule has 0 aliphatic carbocycles. The third kappa shape index (κ3) is 4.57. The van der Waals surface area contributed by atoms with Crippen LogP contribution in [0.2, 0.25) is 0 Å². The van der Waals surface area contributed by atoms with Gasteiger partial charge < -0.3 is 9.32 Å². The minimum Gasteiger partial charge on any atom is -0.456 e. The van der Waals surface area contributed by atoms with Crippen LogP contribution in [0, 0.1) is 0 Å². The summed E-state index contributed by atoms with van der Waals surface area (Å²) in [5.41, 5.74) is 5.91. The fourth-order valence-corrected chi connectivity index (χ4v) is 7.02. The van der Waals surface area contributed by atoms with Gasteiger partial charge in [-0.1, -0.05) is 145 Å². The van der Waals surface area contributed by atoms with Crippen molar-refractivity contribution in [3.8, 4) is 22.3 Å². The zero-order valence-electron chi connectivity index (χ0n) is 36.5. The second kappa shape index (κ2) is 11.5. The van der Waals surface area contributed by atoms with Crippen molar-refractivity contribution in [3.63, 3.8) is 0 Å². The summed E-state index contributed by atoms with van der Waals surface area (Å²) in [6.07, 6.45) is 0. The Hall–Kier alpha value is -6.64. The first-order chi connectivity index (χ1) is 29.0. The van der Waals surface area contributed by atoms with Crippen LogP contribution in [0.15, 0.2) is 192 Å². The summed E-state index contributed by atoms with van der Waals surface area (Å²) in [5.74, 6) is 0. The molecule has 0 fully saturated rings. The lowest BCUT2D eigenvalue weighted by molar-refractivity contribution is 0.669. The molecule has 10 rings (SSSR count). The van der Waals surface area contributed by atoms with E-state index < -0.39 is 48.3 Å². The monoisotopic (exact) mass is 647 g/mol. The average Bonchev–Trinajstić information content (AvgIpc) is 3.67. The Morgan fingerprint density at radius 2 is 1.04 bits per heavy atom. The van der Waals surface area contributed by atoms with Gasteiger partial charge in [0, 0.05) is 27.5 Å². The molecule has 0 saturated carbocycles. The third-order valence-electron chi connectivity index (χ3n) is 9.31. The van der Waals surface area contributed by atoms with Crippen LogP contribution in [-0.2, 0) is 0 Å². The van der Waals surface area contributed by atoms with Gasteiger partial charge in [-0.25, -0.2) is 0 Å². The van der Waals surface area contributed by atoms with Crippen molar-refractivity contribution in [3.05, 3.63) is 188 Å². The van der Waals surface area contributed by atoms with Gasteiger partial charge in [-0.3, -0.25) is 0 Å². The molecular weight excluding hydrogens is 607 g/mol. The van der Waals surface area contributed by atoms with Crippen LogP contribution in [0.1, 0.15) is 13.7 Å². The predicted octanol–water partition coefficient (Wildman–Crippen LogP) is 13.8. The molecule has 0 radical (unpaired) electrons. The molecule has 1 aromatic heterocycles. The average molecular weight is 648 g/mol. The maximum absolute atomic E-state index is 9.79. The summed E-state index contributed by atoms with van der Waals surface area (Å²) in [5, 5.41) is 3.18. The van der Waals surface area contributed by atoms with Crippen molar-refractivity contribution in [2.45, 2.75) is 0 Å². The number of nitrogens with zero attached hydrogens (tertiary/aromatic N) is 1. The highest BCUT2D eigenvalue weighted by Crippen LogP contribution is 2.44. The van der Waals surface area contributed by atoms with E-state index in [0.29, 0.717) is 34.0 Å². The maximum atomic E-state index is 9.79. The van der Waals surface area contributed by atoms with Crippen LogP contribution >= 0.6 is 0 Å². The third-order valence-corrected chi connectivity index (χ3v) is 9.31. The van der Waals surface area contributed by atoms with Crippen LogP contribution < -0.4 is 4.90 Å². The molecule has 0 spiro atoms. The van der Waals surface area contributed by atoms with Crippen molar-refractivity contribution in [2.24, 2.45) is 0 Å². The first-order valence-corrected chi connectivity index (χ1v) is 16.3. The smallest absolute Gasteiger partial charge is 0.136 e. The largest absolute Gasteiger partial charge is 0.456 e. The summed E-state index contributed by atoms with van der Waals surface area (Å²) in [4.78, 5) is 1.72. The normalized spacial score (nSPS) is 14.4. The van der Waals surface area contributed by atoms with E-state index >= 15 is 0 Å². The van der Waals surface area contributed by atoms with Gasteiger partial charge in [0.2, 0.25) is 0 Å². The number of para-hydroxylation sites is 1. The van der Waals surface area contributed by atoms with E-state index in [2.05, 4.69) is 18.2 Å². The molecule has 2 nitrogen and oxygen atoms in total. The highest BCUT2D eigenvalue weighted by Gasteiger charge is 2.19. The minimum absolute atomic E-state index is 0.0296. The summed E-state index contributed by atoms with van der Waals surface area (Å²) in [6, 6.07) is 36.3. The molecule has 0 aliphatic rings. The Morgan fingerprint density at radius 1 is 0.420 bits per heavy atom. The van der Waals surface area contributed by atoms with Crippen LogP contribution in [0.5, 0.6) is 0 Å². The lowest BCUT2D eigenvalue weighted by Crippen LogP contribution is -2.10. The lowest BCUT2D eigenvalue weighted by Gasteiger charge is -2.28. The zero-order chi connectivity index (χ0) is 41.7. The van der Waals surface area contributed by atoms with Gasteiger partial charge >= 0.3 is 0 Å². The van der Waals surface area contributed by atoms with Gasteiger partial charge in [0.25, 0.3) is 0 Å². The van der Waals surface area contributed by atoms with Gasteiger partial charge in [0.15, 0.2) is 0 Å². The molecule has 0 atom stereocenters. The SMILES string of the molecule is [2H]c1c([2H])c([2H])c2c(c1[2H])c([2H])c(N(c1ccc(-c3cccc4ccccc34)cc1)c1ccc(-c3cccc4oc5cccc([2H])c5c34)cc1)c1c([2H])c([2H])c([2H])c([2H])c12. The number of hydrogen-bond acceptors (Lipinski definition) is 2. The fourth-order valence-electron chi connectivity index (χ4n) is 7.02. The first-order valence-electron chi connectivity index (χ1n) is 21.3. The summed E-state index contributed by atoms with van der Waals surface area (Å²) < 4.78 is 95.4. The molecule has 2 heteroatoms. The van der Waals surface area contributed by atoms with Gasteiger partial charge in [-0.15, -0.1) is 0 Å². The number of furan rings is 1. The first kappa shape index (κ1) is 20.0. The second-order valence-corrected chi connectivity index (χ2v) is 12.1. The van der Waals surface area contributed by atoms with Crippen LogP contribution in [0.4, 0.5) is 17.1 Å². The highest BCUT2D eigenvalue weighted by atomic mass is 16.3. The Balaban J connectivity index is 1.26. The molecule has 0 unspecified atom stereocenters. The minimum atomic E-state index is -0.567. The zero-order valence-corrected chi connectivity index (χ0v) is 26.5. The van der Waals surface area contributed by atoms with Gasteiger partial charge in [-0.05, 0) is 91.6 Å². The molecule has 0 aliphatic heterocycles. The summed E-state index contributed by atoms with van der Waals surface area (Å²) in [7, 11) is 0. The van der Waals surface area contributed by atoms with E-state index in [-0.39, 0.29) is 33.3 Å². The van der Waals surface area contributed by atoms with E-state index in [1.54, 1.807) is 17.0 Å². The highest BCUT2D eigenvalue weighted by molar-refractivity contribution is 6.15. The lowest BCUT2D eigenvalue weighted by atomic mass is 9.96. The van der Waals surface area contributed by atoms with Crippen molar-refractivity contribution in [1.82, 2.24) is 0 Å². The number of rotatable bonds is 5. The van der Waals surface area contributed by atoms with Crippen molar-refractivity contribution in [2.75, 3.05) is 4.90 Å². The van der Waals surface area contributed by atoms with Crippen LogP contribution in [-0.4, -0.2) is 0 Å². The molecule has 0 saturated heterocycles. The van der Waals surface area contributed by atoms with Crippen molar-refractivity contribution in [1.29, 1.82) is 0 Å². The molecule has 0 bridgehead atoms. The standard InChI is InChI=1S/C48H31NO/c1-3-14-38-32(11-1)13-9-19-39(38)33-23-27-36(28-24-33)49(45-31-35-12-2-4-15-40(35)42-16-5-6-17-43(42)45)37-29-25-34(26-30-37)41-20-10-22-47-48(41)44-18-7-8-21-46(44)50-47/h1-31H/i2D,4D,5D,6D,12D,15D,16D,17D,18D,31D. The molecule has 9 aromatic carbocycles. The molecule has 50 heavy (non-hydrogen) atoms. The van der Waals surface area contributed by atoms with E-state index in [1.807, 2.05) is 97.1 Å². The van der Waals surface area contributed by atoms with Crippen LogP contribution in [0.3, 0.4) is 0 Å². The number of benzene rings is 9. The molecule has 0 amide bonds. The molecule has 0 N–H and O–H groups in total. The second-order valence-electron chi connectivity index (χ2n) is 12.1. The molecule has 1 heterocycles. The predicted molar refractivity (Wildman–Crippen MR) is 212 cm³/mol. The Morgan fingerprint density at radius 3 is 1.86 bits per heavy atom. The van der Waals surface area contributed by atoms with Gasteiger partial charge in [-0.2, -0.15) is 0 Å². The van der Waals surface area contributed by atoms with Crippen molar-refractivity contribution < 1.29 is 18.1 Å². The molecule has 234 valence electrons. The van der Waals surface area contributed by atoms with E-state index in [0.717, 1.165) is 38.4 Å². The Kier molecular flexibility index (Phi) is 4.60. The van der Waals surface area contributed by atoms with Gasteiger partial charge in [0.1, 0.15) is 11.2 Å². The van der Waals surface area contributed by atoms with Crippen LogP contribution in [0.25, 0.3) is 76.5 Å². The summed E-state index contributed by atoms with van der Waals surface area (Å²) >= 11 is 0. The van der Waals surface area contributed by atoms with Crippen molar-refractivity contribution >= 4 is 71.3 Å². The summed E-state index contributed by atoms with van der Waals surface area (Å²) in [6.45, 7) is 0. The molecular formula is C48H31NO. The Bertz CT molecular complexity index is 3430. The topological polar surface area (TPSA) is 16.4 Å². The number of anilines is 3. The maximum Gasteiger partial charge on any atom is 0.136 e. The van der Waals surface area contributed by atoms with Gasteiger partial charge in [0.05, 0.1) is 19.4 Å². The quantitative estimate of drug-likeness (QED) is 0.173. The van der Waals surface area contributed by atoms with E-state index in [4.69, 9.17) is 15.4 Å². The fraction of sp³-hybridized carbons (Fsp3) is 0. The Labute approximate surface area is 304 Å². The van der Waals surface area contributed by atoms with E-state index in [1.165, 1.54) is 0 Å². The molecule has 10 aromatic rings. The number of fused-ring (bicyclic) bond motifs is 7. The number of hydrogen-bond donors (Lipinski definition) is 0. The van der Waals surface area contributed by atoms with E-state index in [9.17, 15) is 2.74 Å².